The van der Waals surface area contributed by atoms with E-state index in [0.717, 1.165) is 11.8 Å². The van der Waals surface area contributed by atoms with Crippen molar-refractivity contribution in [1.82, 2.24) is 0 Å². The molecule has 0 aromatic rings. The van der Waals surface area contributed by atoms with Crippen LogP contribution in [0.4, 0.5) is 0 Å². The first kappa shape index (κ1) is 23.5. The first-order valence-corrected chi connectivity index (χ1v) is 15.8. The Bertz CT molecular complexity index is 735. The molecule has 0 aromatic carbocycles. The molecule has 0 saturated heterocycles. The van der Waals surface area contributed by atoms with Crippen LogP contribution >= 0.6 is 0 Å². The Morgan fingerprint density at radius 1 is 1.13 bits per heavy atom. The number of hydrogen-bond donors (Lipinski definition) is 0. The lowest BCUT2D eigenvalue weighted by molar-refractivity contribution is -0.150. The molecule has 0 spiro atoms. The van der Waals surface area contributed by atoms with Crippen LogP contribution in [0.15, 0.2) is 11.6 Å². The highest BCUT2D eigenvalue weighted by Crippen LogP contribution is 2.66. The molecular formula is C27H46O3Si. The highest BCUT2D eigenvalue weighted by atomic mass is 28.4. The summed E-state index contributed by atoms with van der Waals surface area (Å²) in [6.45, 7) is 16.7. The van der Waals surface area contributed by atoms with Crippen LogP contribution in [0.5, 0.6) is 0 Å². The van der Waals surface area contributed by atoms with Crippen LogP contribution in [0, 0.1) is 28.6 Å². The minimum Gasteiger partial charge on any atom is -0.465 e. The maximum atomic E-state index is 11.8. The van der Waals surface area contributed by atoms with Gasteiger partial charge < -0.3 is 9.16 Å². The summed E-state index contributed by atoms with van der Waals surface area (Å²) < 4.78 is 12.8. The summed E-state index contributed by atoms with van der Waals surface area (Å²) >= 11 is 0. The largest absolute Gasteiger partial charge is 0.465 e. The second kappa shape index (κ2) is 8.01. The van der Waals surface area contributed by atoms with Crippen LogP contribution < -0.4 is 0 Å². The zero-order chi connectivity index (χ0) is 22.7. The quantitative estimate of drug-likeness (QED) is 0.259. The summed E-state index contributed by atoms with van der Waals surface area (Å²) in [5.41, 5.74) is 2.05. The molecular weight excluding hydrogens is 400 g/mol. The Kier molecular flexibility index (Phi) is 6.08. The molecule has 0 unspecified atom stereocenters. The molecule has 0 amide bonds. The van der Waals surface area contributed by atoms with E-state index in [1.165, 1.54) is 57.8 Å². The normalized spacial score (nSPS) is 40.4. The zero-order valence-corrected chi connectivity index (χ0v) is 22.2. The van der Waals surface area contributed by atoms with Crippen LogP contribution in [0.2, 0.25) is 18.1 Å². The molecule has 0 heterocycles. The van der Waals surface area contributed by atoms with Crippen molar-refractivity contribution in [2.45, 2.75) is 117 Å². The Labute approximate surface area is 191 Å². The Morgan fingerprint density at radius 2 is 1.87 bits per heavy atom. The van der Waals surface area contributed by atoms with Crippen molar-refractivity contribution < 1.29 is 14.0 Å². The monoisotopic (exact) mass is 446 g/mol. The smallest absolute Gasteiger partial charge is 0.302 e. The van der Waals surface area contributed by atoms with Gasteiger partial charge in [-0.25, -0.2) is 0 Å². The van der Waals surface area contributed by atoms with Crippen LogP contribution in [0.25, 0.3) is 0 Å². The van der Waals surface area contributed by atoms with E-state index in [1.54, 1.807) is 12.5 Å². The maximum absolute atomic E-state index is 11.8. The van der Waals surface area contributed by atoms with Crippen molar-refractivity contribution >= 4 is 14.3 Å². The summed E-state index contributed by atoms with van der Waals surface area (Å²) in [7, 11) is -1.77. The Hall–Kier alpha value is -0.613. The summed E-state index contributed by atoms with van der Waals surface area (Å²) in [6.07, 6.45) is 14.2. The van der Waals surface area contributed by atoms with Crippen molar-refractivity contribution in [2.24, 2.45) is 28.6 Å². The SMILES string of the molecule is CC(=O)OC[C@]12CCCC=C1CC[C@@H]1[C@@H]2CC[C@]2(C)[C@@H](O[Si](C)(C)C(C)(C)C)CC[C@@H]12. The Morgan fingerprint density at radius 3 is 2.55 bits per heavy atom. The van der Waals surface area contributed by atoms with Crippen molar-refractivity contribution in [3.8, 4) is 0 Å². The van der Waals surface area contributed by atoms with E-state index in [9.17, 15) is 4.79 Å². The lowest BCUT2D eigenvalue weighted by Gasteiger charge is -2.59. The number of hydrogen-bond acceptors (Lipinski definition) is 3. The number of esters is 1. The van der Waals surface area contributed by atoms with Crippen molar-refractivity contribution in [3.05, 3.63) is 11.6 Å². The van der Waals surface area contributed by atoms with Gasteiger partial charge in [0.2, 0.25) is 0 Å². The van der Waals surface area contributed by atoms with Crippen LogP contribution in [-0.4, -0.2) is 27.0 Å². The van der Waals surface area contributed by atoms with Gasteiger partial charge in [-0.15, -0.1) is 0 Å². The fourth-order valence-electron chi connectivity index (χ4n) is 7.71. The van der Waals surface area contributed by atoms with Gasteiger partial charge in [0.15, 0.2) is 8.32 Å². The minimum absolute atomic E-state index is 0.118. The fraction of sp³-hybridized carbons (Fsp3) is 0.889. The highest BCUT2D eigenvalue weighted by Gasteiger charge is 2.61. The van der Waals surface area contributed by atoms with E-state index >= 15 is 0 Å². The standard InChI is InChI=1S/C27H46O3Si/c1-19(28)29-18-27-16-9-8-10-20(27)11-12-21-22-13-14-24(26(22,5)17-15-23(21)27)30-31(6,7)25(2,3)4/h10,21-24H,8-9,11-18H2,1-7H3/t21-,22-,23-,24-,26-,27+/m0/s1. The third-order valence-electron chi connectivity index (χ3n) is 10.4. The van der Waals surface area contributed by atoms with Gasteiger partial charge in [-0.05, 0) is 99.1 Å². The minimum atomic E-state index is -1.77. The number of rotatable bonds is 4. The lowest BCUT2D eigenvalue weighted by atomic mass is 9.47. The van der Waals surface area contributed by atoms with Gasteiger partial charge in [0.1, 0.15) is 6.61 Å². The van der Waals surface area contributed by atoms with E-state index in [-0.39, 0.29) is 16.4 Å². The summed E-state index contributed by atoms with van der Waals surface area (Å²) in [4.78, 5) is 11.8. The molecule has 6 atom stereocenters. The number of ether oxygens (including phenoxy) is 1. The summed E-state index contributed by atoms with van der Waals surface area (Å²) in [6, 6.07) is 0. The third-order valence-corrected chi connectivity index (χ3v) is 14.9. The first-order chi connectivity index (χ1) is 14.4. The Balaban J connectivity index is 1.59. The maximum Gasteiger partial charge on any atom is 0.302 e. The molecule has 0 aromatic heterocycles. The molecule has 0 radical (unpaired) electrons. The zero-order valence-electron chi connectivity index (χ0n) is 21.2. The van der Waals surface area contributed by atoms with Crippen molar-refractivity contribution in [3.63, 3.8) is 0 Å². The molecule has 3 nitrogen and oxygen atoms in total. The highest BCUT2D eigenvalue weighted by molar-refractivity contribution is 6.74. The molecule has 4 heteroatoms. The summed E-state index contributed by atoms with van der Waals surface area (Å²) in [5, 5.41) is 0.263. The van der Waals surface area contributed by atoms with Gasteiger partial charge in [-0.2, -0.15) is 0 Å². The molecule has 31 heavy (non-hydrogen) atoms. The molecule has 0 N–H and O–H groups in total. The van der Waals surface area contributed by atoms with Gasteiger partial charge in [0.25, 0.3) is 0 Å². The topological polar surface area (TPSA) is 35.5 Å². The average molecular weight is 447 g/mol. The van der Waals surface area contributed by atoms with Crippen LogP contribution in [0.3, 0.4) is 0 Å². The molecule has 0 bridgehead atoms. The molecule has 4 aliphatic rings. The summed E-state index contributed by atoms with van der Waals surface area (Å²) in [5.74, 6) is 2.08. The van der Waals surface area contributed by atoms with Crippen LogP contribution in [-0.2, 0) is 14.0 Å². The van der Waals surface area contributed by atoms with E-state index in [0.29, 0.717) is 24.0 Å². The van der Waals surface area contributed by atoms with E-state index in [1.807, 2.05) is 0 Å². The van der Waals surface area contributed by atoms with Gasteiger partial charge in [-0.1, -0.05) is 39.3 Å². The predicted molar refractivity (Wildman–Crippen MR) is 129 cm³/mol. The molecule has 3 saturated carbocycles. The first-order valence-electron chi connectivity index (χ1n) is 12.9. The van der Waals surface area contributed by atoms with E-state index in [2.05, 4.69) is 46.9 Å². The number of carbonyl (C=O) groups excluding carboxylic acids is 1. The molecule has 4 rings (SSSR count). The molecule has 3 fully saturated rings. The van der Waals surface area contributed by atoms with Crippen LogP contribution in [0.1, 0.15) is 92.4 Å². The number of fused-ring (bicyclic) bond motifs is 5. The van der Waals surface area contributed by atoms with E-state index < -0.39 is 8.32 Å². The second-order valence-electron chi connectivity index (χ2n) is 13.0. The lowest BCUT2D eigenvalue weighted by Crippen LogP contribution is -2.55. The predicted octanol–water partition coefficient (Wildman–Crippen LogP) is 7.27. The molecule has 176 valence electrons. The molecule has 0 aliphatic heterocycles. The molecule has 4 aliphatic carbocycles. The van der Waals surface area contributed by atoms with Gasteiger partial charge >= 0.3 is 5.97 Å². The van der Waals surface area contributed by atoms with Crippen molar-refractivity contribution in [2.75, 3.05) is 6.61 Å². The third kappa shape index (κ3) is 3.88. The van der Waals surface area contributed by atoms with Gasteiger partial charge in [0, 0.05) is 12.3 Å². The number of allylic oxidation sites excluding steroid dienone is 1. The van der Waals surface area contributed by atoms with Gasteiger partial charge in [0.05, 0.1) is 6.10 Å². The average Bonchev–Trinajstić information content (AvgIpc) is 3.01. The number of carbonyl (C=O) groups is 1. The second-order valence-corrected chi connectivity index (χ2v) is 17.7. The van der Waals surface area contributed by atoms with Crippen molar-refractivity contribution in [1.29, 1.82) is 0 Å². The van der Waals surface area contributed by atoms with Gasteiger partial charge in [-0.3, -0.25) is 4.79 Å². The fourth-order valence-corrected chi connectivity index (χ4v) is 9.16. The van der Waals surface area contributed by atoms with E-state index in [4.69, 9.17) is 9.16 Å².